The second-order valence-electron chi connectivity index (χ2n) is 8.02. The number of carbonyl (C=O) groups excluding carboxylic acids is 2. The zero-order chi connectivity index (χ0) is 21.5. The summed E-state index contributed by atoms with van der Waals surface area (Å²) in [6, 6.07) is 12.3. The van der Waals surface area contributed by atoms with Gasteiger partial charge in [-0.25, -0.2) is 0 Å². The Labute approximate surface area is 178 Å². The van der Waals surface area contributed by atoms with Crippen LogP contribution >= 0.6 is 0 Å². The zero-order valence-electron chi connectivity index (χ0n) is 17.9. The summed E-state index contributed by atoms with van der Waals surface area (Å²) >= 11 is 0. The summed E-state index contributed by atoms with van der Waals surface area (Å²) in [6.45, 7) is 7.35. The van der Waals surface area contributed by atoms with Gasteiger partial charge >= 0.3 is 0 Å². The molecule has 6 heteroatoms. The van der Waals surface area contributed by atoms with Gasteiger partial charge in [0.2, 0.25) is 11.8 Å². The molecule has 30 heavy (non-hydrogen) atoms. The van der Waals surface area contributed by atoms with Crippen molar-refractivity contribution in [3.63, 3.8) is 0 Å². The summed E-state index contributed by atoms with van der Waals surface area (Å²) < 4.78 is 2.19. The number of nitrogens with one attached hydrogen (secondary N) is 1. The lowest BCUT2D eigenvalue weighted by Crippen LogP contribution is -2.42. The SMILES string of the molecule is Cc1cc(/C=C/C(=O)NCCCN2CCCC(C(N)=O)C2)c(C)n1-c1ccccc1. The third-order valence-electron chi connectivity index (χ3n) is 5.76. The summed E-state index contributed by atoms with van der Waals surface area (Å²) in [5.41, 5.74) is 9.83. The Morgan fingerprint density at radius 3 is 2.73 bits per heavy atom. The lowest BCUT2D eigenvalue weighted by atomic mass is 9.97. The Morgan fingerprint density at radius 1 is 1.23 bits per heavy atom. The molecule has 1 aromatic heterocycles. The molecule has 1 fully saturated rings. The molecule has 1 unspecified atom stereocenters. The number of likely N-dealkylation sites (tertiary alicyclic amines) is 1. The molecule has 160 valence electrons. The van der Waals surface area contributed by atoms with Crippen molar-refractivity contribution >= 4 is 17.9 Å². The molecule has 6 nitrogen and oxygen atoms in total. The maximum absolute atomic E-state index is 12.2. The van der Waals surface area contributed by atoms with E-state index in [9.17, 15) is 9.59 Å². The molecule has 2 heterocycles. The molecule has 2 amide bonds. The molecule has 0 radical (unpaired) electrons. The monoisotopic (exact) mass is 408 g/mol. The van der Waals surface area contributed by atoms with Gasteiger partial charge in [-0.05, 0) is 76.0 Å². The third-order valence-corrected chi connectivity index (χ3v) is 5.76. The van der Waals surface area contributed by atoms with Gasteiger partial charge in [0.1, 0.15) is 0 Å². The van der Waals surface area contributed by atoms with E-state index < -0.39 is 0 Å². The predicted molar refractivity (Wildman–Crippen MR) is 120 cm³/mol. The van der Waals surface area contributed by atoms with E-state index in [0.717, 1.165) is 61.5 Å². The van der Waals surface area contributed by atoms with E-state index in [4.69, 9.17) is 5.73 Å². The van der Waals surface area contributed by atoms with Gasteiger partial charge in [-0.3, -0.25) is 9.59 Å². The summed E-state index contributed by atoms with van der Waals surface area (Å²) in [7, 11) is 0. The van der Waals surface area contributed by atoms with Crippen molar-refractivity contribution in [1.29, 1.82) is 0 Å². The Morgan fingerprint density at radius 2 is 2.00 bits per heavy atom. The number of hydrogen-bond acceptors (Lipinski definition) is 3. The number of aryl methyl sites for hydroxylation is 1. The number of carbonyl (C=O) groups is 2. The van der Waals surface area contributed by atoms with Crippen molar-refractivity contribution in [1.82, 2.24) is 14.8 Å². The standard InChI is InChI=1S/C24H32N4O2/c1-18-16-20(19(2)28(18)22-9-4-3-5-10-22)11-12-23(29)26-13-7-15-27-14-6-8-21(17-27)24(25)30/h3-5,9-12,16,21H,6-8,13-15,17H2,1-2H3,(H2,25,30)(H,26,29)/b12-11+. The fourth-order valence-electron chi connectivity index (χ4n) is 4.16. The topological polar surface area (TPSA) is 80.4 Å². The fraction of sp³-hybridized carbons (Fsp3) is 0.417. The predicted octanol–water partition coefficient (Wildman–Crippen LogP) is 2.81. The molecule has 0 spiro atoms. The first-order valence-electron chi connectivity index (χ1n) is 10.7. The fourth-order valence-corrected chi connectivity index (χ4v) is 4.16. The highest BCUT2D eigenvalue weighted by atomic mass is 16.1. The van der Waals surface area contributed by atoms with E-state index in [-0.39, 0.29) is 17.7 Å². The highest BCUT2D eigenvalue weighted by Gasteiger charge is 2.23. The average molecular weight is 409 g/mol. The van der Waals surface area contributed by atoms with Gasteiger partial charge in [0.25, 0.3) is 0 Å². The Hall–Kier alpha value is -2.86. The Bertz CT molecular complexity index is 901. The number of benzene rings is 1. The number of para-hydroxylation sites is 1. The van der Waals surface area contributed by atoms with Crippen LogP contribution in [-0.4, -0.2) is 47.5 Å². The van der Waals surface area contributed by atoms with Crippen LogP contribution in [0.3, 0.4) is 0 Å². The maximum Gasteiger partial charge on any atom is 0.244 e. The minimum Gasteiger partial charge on any atom is -0.369 e. The van der Waals surface area contributed by atoms with E-state index in [1.165, 1.54) is 0 Å². The van der Waals surface area contributed by atoms with Crippen molar-refractivity contribution in [3.8, 4) is 5.69 Å². The minimum atomic E-state index is -0.204. The van der Waals surface area contributed by atoms with Crippen molar-refractivity contribution < 1.29 is 9.59 Å². The van der Waals surface area contributed by atoms with Crippen LogP contribution in [0, 0.1) is 19.8 Å². The van der Waals surface area contributed by atoms with E-state index in [1.54, 1.807) is 6.08 Å². The van der Waals surface area contributed by atoms with Gasteiger partial charge in [-0.15, -0.1) is 0 Å². The molecule has 3 rings (SSSR count). The van der Waals surface area contributed by atoms with Crippen LogP contribution in [0.1, 0.15) is 36.2 Å². The number of amides is 2. The van der Waals surface area contributed by atoms with E-state index in [1.807, 2.05) is 24.3 Å². The van der Waals surface area contributed by atoms with Crippen LogP contribution in [0.2, 0.25) is 0 Å². The number of nitrogens with zero attached hydrogens (tertiary/aromatic N) is 2. The van der Waals surface area contributed by atoms with Crippen molar-refractivity contribution in [3.05, 3.63) is 59.4 Å². The van der Waals surface area contributed by atoms with Gasteiger partial charge in [-0.2, -0.15) is 0 Å². The first-order chi connectivity index (χ1) is 14.5. The lowest BCUT2D eigenvalue weighted by molar-refractivity contribution is -0.123. The maximum atomic E-state index is 12.2. The molecule has 0 aliphatic carbocycles. The van der Waals surface area contributed by atoms with Gasteiger partial charge in [0, 0.05) is 36.2 Å². The Kier molecular flexibility index (Phi) is 7.46. The molecule has 2 aromatic rings. The van der Waals surface area contributed by atoms with Crippen LogP contribution in [0.15, 0.2) is 42.5 Å². The summed E-state index contributed by atoms with van der Waals surface area (Å²) in [5, 5.41) is 2.95. The molecular weight excluding hydrogens is 376 g/mol. The zero-order valence-corrected chi connectivity index (χ0v) is 17.9. The number of rotatable bonds is 8. The quantitative estimate of drug-likeness (QED) is 0.521. The number of primary amides is 1. The molecule has 1 atom stereocenters. The largest absolute Gasteiger partial charge is 0.369 e. The summed E-state index contributed by atoms with van der Waals surface area (Å²) in [5.74, 6) is -0.330. The lowest BCUT2D eigenvalue weighted by Gasteiger charge is -2.31. The smallest absolute Gasteiger partial charge is 0.244 e. The average Bonchev–Trinajstić information content (AvgIpc) is 3.03. The van der Waals surface area contributed by atoms with E-state index in [0.29, 0.717) is 6.54 Å². The van der Waals surface area contributed by atoms with E-state index >= 15 is 0 Å². The highest BCUT2D eigenvalue weighted by Crippen LogP contribution is 2.21. The summed E-state index contributed by atoms with van der Waals surface area (Å²) in [4.78, 5) is 25.8. The normalized spacial score (nSPS) is 17.3. The molecule has 1 aliphatic heterocycles. The first-order valence-corrected chi connectivity index (χ1v) is 10.7. The van der Waals surface area contributed by atoms with Gasteiger partial charge in [0.15, 0.2) is 0 Å². The summed E-state index contributed by atoms with van der Waals surface area (Å²) in [6.07, 6.45) is 6.22. The molecule has 0 bridgehead atoms. The molecule has 1 saturated heterocycles. The minimum absolute atomic E-state index is 0.0360. The molecule has 3 N–H and O–H groups in total. The van der Waals surface area contributed by atoms with Crippen LogP contribution in [0.4, 0.5) is 0 Å². The molecule has 1 aromatic carbocycles. The van der Waals surface area contributed by atoms with Crippen LogP contribution in [0.5, 0.6) is 0 Å². The van der Waals surface area contributed by atoms with Crippen molar-refractivity contribution in [2.75, 3.05) is 26.2 Å². The van der Waals surface area contributed by atoms with Crippen LogP contribution in [-0.2, 0) is 9.59 Å². The number of piperidine rings is 1. The molecular formula is C24H32N4O2. The molecule has 0 saturated carbocycles. The number of hydrogen-bond donors (Lipinski definition) is 2. The number of aromatic nitrogens is 1. The molecule has 1 aliphatic rings. The third kappa shape index (κ3) is 5.60. The van der Waals surface area contributed by atoms with Crippen LogP contribution in [0.25, 0.3) is 11.8 Å². The second-order valence-corrected chi connectivity index (χ2v) is 8.02. The van der Waals surface area contributed by atoms with Crippen molar-refractivity contribution in [2.24, 2.45) is 11.7 Å². The van der Waals surface area contributed by atoms with Gasteiger partial charge < -0.3 is 20.5 Å². The van der Waals surface area contributed by atoms with E-state index in [2.05, 4.69) is 46.8 Å². The highest BCUT2D eigenvalue weighted by molar-refractivity contribution is 5.91. The Balaban J connectivity index is 1.47. The first kappa shape index (κ1) is 21.8. The second kappa shape index (κ2) is 10.3. The van der Waals surface area contributed by atoms with Gasteiger partial charge in [0.05, 0.1) is 5.92 Å². The van der Waals surface area contributed by atoms with Crippen LogP contribution < -0.4 is 11.1 Å². The van der Waals surface area contributed by atoms with Crippen molar-refractivity contribution in [2.45, 2.75) is 33.1 Å². The number of nitrogens with two attached hydrogens (primary N) is 1. The van der Waals surface area contributed by atoms with Gasteiger partial charge in [-0.1, -0.05) is 18.2 Å².